The number of rotatable bonds is 3. The zero-order valence-corrected chi connectivity index (χ0v) is 13.0. The highest BCUT2D eigenvalue weighted by Crippen LogP contribution is 2.31. The molecular weight excluding hydrogens is 310 g/mol. The summed E-state index contributed by atoms with van der Waals surface area (Å²) in [6.07, 6.45) is 1.53. The smallest absolute Gasteiger partial charge is 0.335 e. The van der Waals surface area contributed by atoms with Crippen molar-refractivity contribution in [3.8, 4) is 0 Å². The monoisotopic (exact) mass is 329 g/mol. The van der Waals surface area contributed by atoms with Crippen molar-refractivity contribution in [2.24, 2.45) is 0 Å². The number of hydrogen-bond acceptors (Lipinski definition) is 6. The quantitative estimate of drug-likeness (QED) is 0.659. The largest absolute Gasteiger partial charge is 0.478 e. The molecule has 1 aliphatic heterocycles. The number of carboxylic acid groups (broad SMARTS) is 1. The van der Waals surface area contributed by atoms with Crippen molar-refractivity contribution < 1.29 is 9.90 Å². The summed E-state index contributed by atoms with van der Waals surface area (Å²) in [5, 5.41) is 8.95. The number of carbonyl (C=O) groups is 1. The van der Waals surface area contributed by atoms with Gasteiger partial charge < -0.3 is 21.5 Å². The molecule has 0 atom stereocenters. The zero-order chi connectivity index (χ0) is 17.3. The number of aromatic nitrogens is 2. The highest BCUT2D eigenvalue weighted by Gasteiger charge is 2.25. The van der Waals surface area contributed by atoms with Gasteiger partial charge in [-0.1, -0.05) is 0 Å². The molecule has 3 rings (SSSR count). The highest BCUT2D eigenvalue weighted by atomic mass is 16.4. The first-order valence-corrected chi connectivity index (χ1v) is 7.69. The zero-order valence-electron chi connectivity index (χ0n) is 13.0. The normalized spacial score (nSPS) is 15.4. The lowest BCUT2D eigenvalue weighted by atomic mass is 9.90. The molecule has 0 bridgehead atoms. The molecule has 0 radical (unpaired) electrons. The Kier molecular flexibility index (Phi) is 4.11. The summed E-state index contributed by atoms with van der Waals surface area (Å²) in [7, 11) is 0. The van der Waals surface area contributed by atoms with Crippen LogP contribution < -0.4 is 21.9 Å². The standard InChI is InChI=1S/C16H19N5O3/c17-13-12(14(22)20-16(18)19-13)9-5-7-21(8-6-9)11-3-1-10(2-4-11)15(23)24/h1-4,9H,5-8H2,(H,23,24)(H5,17,18,19,20,22). The number of nitrogen functional groups attached to an aromatic ring is 2. The Morgan fingerprint density at radius 3 is 2.38 bits per heavy atom. The number of benzene rings is 1. The Morgan fingerprint density at radius 1 is 1.21 bits per heavy atom. The summed E-state index contributed by atoms with van der Waals surface area (Å²) < 4.78 is 0. The number of piperidine rings is 1. The Bertz CT molecular complexity index is 807. The van der Waals surface area contributed by atoms with Crippen LogP contribution in [0.3, 0.4) is 0 Å². The van der Waals surface area contributed by atoms with Crippen molar-refractivity contribution in [1.82, 2.24) is 9.97 Å². The van der Waals surface area contributed by atoms with E-state index < -0.39 is 5.97 Å². The van der Waals surface area contributed by atoms with Crippen molar-refractivity contribution in [1.29, 1.82) is 0 Å². The van der Waals surface area contributed by atoms with Crippen molar-refractivity contribution >= 4 is 23.4 Å². The molecule has 1 aromatic heterocycles. The minimum absolute atomic E-state index is 0.0252. The molecule has 8 nitrogen and oxygen atoms in total. The molecule has 24 heavy (non-hydrogen) atoms. The Balaban J connectivity index is 1.72. The van der Waals surface area contributed by atoms with E-state index in [1.165, 1.54) is 0 Å². The molecule has 0 spiro atoms. The van der Waals surface area contributed by atoms with Crippen LogP contribution in [0.2, 0.25) is 0 Å². The maximum atomic E-state index is 12.1. The van der Waals surface area contributed by atoms with E-state index in [4.69, 9.17) is 16.6 Å². The molecule has 0 amide bonds. The number of hydrogen-bond donors (Lipinski definition) is 4. The number of aromatic amines is 1. The van der Waals surface area contributed by atoms with E-state index in [9.17, 15) is 9.59 Å². The predicted octanol–water partition coefficient (Wildman–Crippen LogP) is 1.02. The molecule has 1 saturated heterocycles. The Hall–Kier alpha value is -3.03. The minimum Gasteiger partial charge on any atom is -0.478 e. The van der Waals surface area contributed by atoms with Gasteiger partial charge >= 0.3 is 5.97 Å². The number of carboxylic acids is 1. The van der Waals surface area contributed by atoms with Gasteiger partial charge in [0, 0.05) is 18.8 Å². The lowest BCUT2D eigenvalue weighted by Gasteiger charge is -2.33. The van der Waals surface area contributed by atoms with E-state index in [0.29, 0.717) is 5.56 Å². The molecule has 0 aliphatic carbocycles. The number of anilines is 3. The van der Waals surface area contributed by atoms with Crippen LogP contribution in [-0.2, 0) is 0 Å². The fourth-order valence-electron chi connectivity index (χ4n) is 3.15. The lowest BCUT2D eigenvalue weighted by Crippen LogP contribution is -2.35. The van der Waals surface area contributed by atoms with Crippen LogP contribution in [0.15, 0.2) is 29.1 Å². The third-order valence-electron chi connectivity index (χ3n) is 4.39. The SMILES string of the molecule is Nc1nc(N)c(C2CCN(c3ccc(C(=O)O)cc3)CC2)c(=O)[nH]1. The first-order chi connectivity index (χ1) is 11.5. The van der Waals surface area contributed by atoms with Gasteiger partial charge in [-0.15, -0.1) is 0 Å². The highest BCUT2D eigenvalue weighted by molar-refractivity contribution is 5.88. The topological polar surface area (TPSA) is 138 Å². The number of nitrogens with zero attached hydrogens (tertiary/aromatic N) is 2. The lowest BCUT2D eigenvalue weighted by molar-refractivity contribution is 0.0697. The van der Waals surface area contributed by atoms with Crippen LogP contribution in [0.25, 0.3) is 0 Å². The average Bonchev–Trinajstić information content (AvgIpc) is 2.54. The molecule has 0 saturated carbocycles. The summed E-state index contributed by atoms with van der Waals surface area (Å²) in [4.78, 5) is 31.6. The number of nitrogens with two attached hydrogens (primary N) is 2. The van der Waals surface area contributed by atoms with Gasteiger partial charge in [0.25, 0.3) is 5.56 Å². The second-order valence-electron chi connectivity index (χ2n) is 5.86. The van der Waals surface area contributed by atoms with Crippen LogP contribution in [-0.4, -0.2) is 34.1 Å². The van der Waals surface area contributed by atoms with E-state index >= 15 is 0 Å². The van der Waals surface area contributed by atoms with Crippen LogP contribution in [0.5, 0.6) is 0 Å². The average molecular weight is 329 g/mol. The van der Waals surface area contributed by atoms with E-state index in [2.05, 4.69) is 14.9 Å². The molecule has 1 aromatic carbocycles. The molecular formula is C16H19N5O3. The second kappa shape index (κ2) is 6.23. The van der Waals surface area contributed by atoms with E-state index in [0.717, 1.165) is 31.6 Å². The summed E-state index contributed by atoms with van der Waals surface area (Å²) in [5.41, 5.74) is 12.8. The summed E-state index contributed by atoms with van der Waals surface area (Å²) in [6, 6.07) is 6.79. The number of nitrogens with one attached hydrogen (secondary N) is 1. The molecule has 6 N–H and O–H groups in total. The van der Waals surface area contributed by atoms with Gasteiger partial charge in [0.05, 0.1) is 11.1 Å². The van der Waals surface area contributed by atoms with Crippen LogP contribution in [0, 0.1) is 0 Å². The van der Waals surface area contributed by atoms with Gasteiger partial charge in [0.15, 0.2) is 0 Å². The molecule has 0 unspecified atom stereocenters. The van der Waals surface area contributed by atoms with E-state index in [1.54, 1.807) is 24.3 Å². The van der Waals surface area contributed by atoms with Gasteiger partial charge in [-0.2, -0.15) is 4.98 Å². The van der Waals surface area contributed by atoms with Gasteiger partial charge in [0.2, 0.25) is 5.95 Å². The van der Waals surface area contributed by atoms with Crippen molar-refractivity contribution in [3.63, 3.8) is 0 Å². The van der Waals surface area contributed by atoms with Crippen molar-refractivity contribution in [2.75, 3.05) is 29.5 Å². The first-order valence-electron chi connectivity index (χ1n) is 7.69. The molecule has 1 fully saturated rings. The fraction of sp³-hybridized carbons (Fsp3) is 0.312. The Morgan fingerprint density at radius 2 is 1.83 bits per heavy atom. The maximum absolute atomic E-state index is 12.1. The molecule has 2 aromatic rings. The maximum Gasteiger partial charge on any atom is 0.335 e. The van der Waals surface area contributed by atoms with Gasteiger partial charge in [-0.3, -0.25) is 9.78 Å². The second-order valence-corrected chi connectivity index (χ2v) is 5.86. The summed E-state index contributed by atoms with van der Waals surface area (Å²) in [5.74, 6) is -0.681. The van der Waals surface area contributed by atoms with Crippen molar-refractivity contribution in [2.45, 2.75) is 18.8 Å². The minimum atomic E-state index is -0.939. The third-order valence-corrected chi connectivity index (χ3v) is 4.39. The van der Waals surface area contributed by atoms with Gasteiger partial charge in [-0.25, -0.2) is 4.79 Å². The number of aromatic carboxylic acids is 1. The molecule has 1 aliphatic rings. The van der Waals surface area contributed by atoms with Crippen molar-refractivity contribution in [3.05, 3.63) is 45.7 Å². The molecule has 2 heterocycles. The Labute approximate surface area is 138 Å². The van der Waals surface area contributed by atoms with Gasteiger partial charge in [-0.05, 0) is 43.0 Å². The third kappa shape index (κ3) is 3.03. The molecule has 8 heteroatoms. The van der Waals surface area contributed by atoms with E-state index in [1.807, 2.05) is 0 Å². The number of H-pyrrole nitrogens is 1. The van der Waals surface area contributed by atoms with E-state index in [-0.39, 0.29) is 28.8 Å². The molecule has 126 valence electrons. The van der Waals surface area contributed by atoms with Crippen LogP contribution in [0.4, 0.5) is 17.5 Å². The predicted molar refractivity (Wildman–Crippen MR) is 91.3 cm³/mol. The van der Waals surface area contributed by atoms with Crippen LogP contribution in [0.1, 0.15) is 34.7 Å². The summed E-state index contributed by atoms with van der Waals surface area (Å²) in [6.45, 7) is 1.50. The summed E-state index contributed by atoms with van der Waals surface area (Å²) >= 11 is 0. The fourth-order valence-corrected chi connectivity index (χ4v) is 3.15. The first kappa shape index (κ1) is 15.9. The van der Waals surface area contributed by atoms with Gasteiger partial charge in [0.1, 0.15) is 5.82 Å². The van der Waals surface area contributed by atoms with Crippen LogP contribution >= 0.6 is 0 Å².